The van der Waals surface area contributed by atoms with E-state index in [2.05, 4.69) is 26.1 Å². The molecule has 2 N–H and O–H groups in total. The van der Waals surface area contributed by atoms with Gasteiger partial charge in [0.05, 0.1) is 11.9 Å². The molecular formula is C13H13BrN2O2. The third-order valence-corrected chi connectivity index (χ3v) is 4.13. The van der Waals surface area contributed by atoms with Gasteiger partial charge >= 0.3 is 5.97 Å². The molecule has 0 amide bonds. The monoisotopic (exact) mass is 308 g/mol. The van der Waals surface area contributed by atoms with Gasteiger partial charge in [0.1, 0.15) is 4.60 Å². The third kappa shape index (κ3) is 2.03. The van der Waals surface area contributed by atoms with Gasteiger partial charge in [0.15, 0.2) is 0 Å². The molecule has 1 heterocycles. The van der Waals surface area contributed by atoms with Gasteiger partial charge < -0.3 is 5.11 Å². The Labute approximate surface area is 113 Å². The second-order valence-corrected chi connectivity index (χ2v) is 5.61. The van der Waals surface area contributed by atoms with Gasteiger partial charge in [-0.1, -0.05) is 12.1 Å². The van der Waals surface area contributed by atoms with Crippen molar-refractivity contribution in [3.63, 3.8) is 0 Å². The van der Waals surface area contributed by atoms with Crippen molar-refractivity contribution >= 4 is 32.8 Å². The van der Waals surface area contributed by atoms with Gasteiger partial charge in [-0.15, -0.1) is 0 Å². The van der Waals surface area contributed by atoms with Crippen molar-refractivity contribution in [3.05, 3.63) is 28.4 Å². The fourth-order valence-corrected chi connectivity index (χ4v) is 3.10. The summed E-state index contributed by atoms with van der Waals surface area (Å²) in [6, 6.07) is 5.90. The van der Waals surface area contributed by atoms with Crippen LogP contribution in [0.3, 0.4) is 0 Å². The van der Waals surface area contributed by atoms with Crippen LogP contribution in [-0.2, 0) is 4.79 Å². The minimum atomic E-state index is -0.733. The Balaban J connectivity index is 2.10. The average Bonchev–Trinajstić information content (AvgIpc) is 3.11. The highest BCUT2D eigenvalue weighted by Crippen LogP contribution is 2.46. The highest BCUT2D eigenvalue weighted by molar-refractivity contribution is 9.10. The number of nitrogens with zero attached hydrogens (tertiary/aromatic N) is 1. The third-order valence-electron chi connectivity index (χ3n) is 3.55. The number of aliphatic carboxylic acids is 1. The molecule has 0 aliphatic heterocycles. The van der Waals surface area contributed by atoms with Crippen LogP contribution in [0.15, 0.2) is 22.8 Å². The minimum Gasteiger partial charge on any atom is -0.481 e. The molecule has 1 aromatic heterocycles. The lowest BCUT2D eigenvalue weighted by Gasteiger charge is -2.15. The topological polar surface area (TPSA) is 66.0 Å². The number of carboxylic acids is 1. The van der Waals surface area contributed by atoms with Crippen LogP contribution in [0.2, 0.25) is 0 Å². The number of nitrogens with one attached hydrogen (secondary N) is 1. The number of fused-ring (bicyclic) bond motifs is 1. The summed E-state index contributed by atoms with van der Waals surface area (Å²) in [5.74, 6) is -0.128. The lowest BCUT2D eigenvalue weighted by Crippen LogP contribution is -2.08. The molecule has 3 rings (SSSR count). The van der Waals surface area contributed by atoms with E-state index in [4.69, 9.17) is 5.11 Å². The maximum absolute atomic E-state index is 11.0. The number of benzene rings is 1. The number of hydrogen-bond donors (Lipinski definition) is 2. The fraction of sp³-hybridized carbons (Fsp3) is 0.385. The molecule has 2 aromatic rings. The van der Waals surface area contributed by atoms with Gasteiger partial charge in [-0.3, -0.25) is 9.89 Å². The molecule has 5 heteroatoms. The predicted octanol–water partition coefficient (Wildman–Crippen LogP) is 3.29. The zero-order valence-corrected chi connectivity index (χ0v) is 11.3. The number of aromatic amines is 1. The molecule has 0 saturated heterocycles. The van der Waals surface area contributed by atoms with Gasteiger partial charge in [-0.2, -0.15) is 5.10 Å². The Morgan fingerprint density at radius 2 is 2.33 bits per heavy atom. The quantitative estimate of drug-likeness (QED) is 0.910. The predicted molar refractivity (Wildman–Crippen MR) is 71.5 cm³/mol. The summed E-state index contributed by atoms with van der Waals surface area (Å²) in [5, 5.41) is 17.2. The zero-order chi connectivity index (χ0) is 12.7. The molecule has 1 fully saturated rings. The van der Waals surface area contributed by atoms with Crippen LogP contribution in [0.5, 0.6) is 0 Å². The summed E-state index contributed by atoms with van der Waals surface area (Å²) in [4.78, 5) is 11.0. The molecular weight excluding hydrogens is 296 g/mol. The van der Waals surface area contributed by atoms with E-state index in [0.717, 1.165) is 33.9 Å². The highest BCUT2D eigenvalue weighted by Gasteiger charge is 2.35. The number of halogens is 1. The molecule has 18 heavy (non-hydrogen) atoms. The van der Waals surface area contributed by atoms with E-state index in [0.29, 0.717) is 5.92 Å². The summed E-state index contributed by atoms with van der Waals surface area (Å²) in [5.41, 5.74) is 1.98. The highest BCUT2D eigenvalue weighted by atomic mass is 79.9. The zero-order valence-electron chi connectivity index (χ0n) is 9.69. The molecule has 0 radical (unpaired) electrons. The average molecular weight is 309 g/mol. The second kappa shape index (κ2) is 4.39. The lowest BCUT2D eigenvalue weighted by molar-refractivity contribution is -0.137. The lowest BCUT2D eigenvalue weighted by atomic mass is 9.89. The molecule has 1 aliphatic carbocycles. The Hall–Kier alpha value is -1.36. The number of hydrogen-bond acceptors (Lipinski definition) is 2. The van der Waals surface area contributed by atoms with Gasteiger partial charge in [0.2, 0.25) is 0 Å². The normalized spacial score (nSPS) is 16.9. The second-order valence-electron chi connectivity index (χ2n) is 4.82. The Kier molecular flexibility index (Phi) is 2.86. The molecule has 0 spiro atoms. The van der Waals surface area contributed by atoms with E-state index in [9.17, 15) is 4.79 Å². The van der Waals surface area contributed by atoms with Crippen LogP contribution in [0.4, 0.5) is 0 Å². The van der Waals surface area contributed by atoms with E-state index in [1.54, 1.807) is 0 Å². The van der Waals surface area contributed by atoms with E-state index in [1.807, 2.05) is 18.2 Å². The van der Waals surface area contributed by atoms with Crippen LogP contribution in [0.25, 0.3) is 10.9 Å². The van der Waals surface area contributed by atoms with Gasteiger partial charge in [0.25, 0.3) is 0 Å². The van der Waals surface area contributed by atoms with Crippen LogP contribution in [0, 0.1) is 5.92 Å². The fourth-order valence-electron chi connectivity index (χ4n) is 2.58. The van der Waals surface area contributed by atoms with Crippen molar-refractivity contribution < 1.29 is 9.90 Å². The summed E-state index contributed by atoms with van der Waals surface area (Å²) in [7, 11) is 0. The molecule has 1 aromatic carbocycles. The number of rotatable bonds is 4. The van der Waals surface area contributed by atoms with E-state index < -0.39 is 5.97 Å². The maximum Gasteiger partial charge on any atom is 0.303 e. The molecule has 1 saturated carbocycles. The molecule has 1 atom stereocenters. The number of H-pyrrole nitrogens is 1. The van der Waals surface area contributed by atoms with Crippen molar-refractivity contribution in [1.82, 2.24) is 10.2 Å². The maximum atomic E-state index is 11.0. The summed E-state index contributed by atoms with van der Waals surface area (Å²) in [6.07, 6.45) is 2.45. The molecule has 94 valence electrons. The Bertz CT molecular complexity index is 604. The van der Waals surface area contributed by atoms with Crippen LogP contribution in [-0.4, -0.2) is 21.3 Å². The first-order valence-electron chi connectivity index (χ1n) is 6.01. The molecule has 0 bridgehead atoms. The number of carboxylic acid groups (broad SMARTS) is 1. The van der Waals surface area contributed by atoms with Crippen molar-refractivity contribution in [2.75, 3.05) is 0 Å². The van der Waals surface area contributed by atoms with Crippen molar-refractivity contribution in [2.45, 2.75) is 25.2 Å². The summed E-state index contributed by atoms with van der Waals surface area (Å²) >= 11 is 3.46. The minimum absolute atomic E-state index is 0.0973. The molecule has 1 aliphatic rings. The smallest absolute Gasteiger partial charge is 0.303 e. The van der Waals surface area contributed by atoms with Crippen LogP contribution < -0.4 is 0 Å². The Morgan fingerprint density at radius 3 is 3.00 bits per heavy atom. The first kappa shape index (κ1) is 11.7. The van der Waals surface area contributed by atoms with Gasteiger partial charge in [-0.05, 0) is 52.2 Å². The van der Waals surface area contributed by atoms with Gasteiger partial charge in [0, 0.05) is 5.39 Å². The first-order valence-corrected chi connectivity index (χ1v) is 6.80. The SMILES string of the molecule is O=C(O)CC(c1cccc2n[nH]c(Br)c12)C1CC1. The van der Waals surface area contributed by atoms with Crippen molar-refractivity contribution in [1.29, 1.82) is 0 Å². The number of aromatic nitrogens is 2. The van der Waals surface area contributed by atoms with E-state index in [1.165, 1.54) is 0 Å². The van der Waals surface area contributed by atoms with Crippen molar-refractivity contribution in [2.24, 2.45) is 5.92 Å². The van der Waals surface area contributed by atoms with E-state index in [-0.39, 0.29) is 12.3 Å². The summed E-state index contributed by atoms with van der Waals surface area (Å²) < 4.78 is 0.837. The standard InChI is InChI=1S/C13H13BrN2O2/c14-13-12-8(2-1-3-10(12)15-16-13)9(6-11(17)18)7-4-5-7/h1-3,7,9H,4-6H2,(H,15,16)(H,17,18). The molecule has 4 nitrogen and oxygen atoms in total. The largest absolute Gasteiger partial charge is 0.481 e. The van der Waals surface area contributed by atoms with Crippen LogP contribution in [0.1, 0.15) is 30.7 Å². The first-order chi connectivity index (χ1) is 8.66. The Morgan fingerprint density at radius 1 is 1.56 bits per heavy atom. The molecule has 1 unspecified atom stereocenters. The van der Waals surface area contributed by atoms with Gasteiger partial charge in [-0.25, -0.2) is 0 Å². The van der Waals surface area contributed by atoms with Crippen LogP contribution >= 0.6 is 15.9 Å². The summed E-state index contributed by atoms with van der Waals surface area (Å²) in [6.45, 7) is 0. The number of carbonyl (C=O) groups is 1. The van der Waals surface area contributed by atoms with E-state index >= 15 is 0 Å². The van der Waals surface area contributed by atoms with Crippen molar-refractivity contribution in [3.8, 4) is 0 Å².